The molecule has 5 heteroatoms. The van der Waals surface area contributed by atoms with Crippen LogP contribution in [0.25, 0.3) is 10.9 Å². The molecule has 1 aromatic heterocycles. The highest BCUT2D eigenvalue weighted by Gasteiger charge is 2.31. The van der Waals surface area contributed by atoms with Crippen LogP contribution in [0.3, 0.4) is 0 Å². The summed E-state index contributed by atoms with van der Waals surface area (Å²) in [6.07, 6.45) is 4.53. The monoisotopic (exact) mass is 378 g/mol. The highest BCUT2D eigenvalue weighted by molar-refractivity contribution is 5.81. The molecule has 0 aliphatic carbocycles. The van der Waals surface area contributed by atoms with Crippen molar-refractivity contribution in [2.24, 2.45) is 0 Å². The Morgan fingerprint density at radius 2 is 1.96 bits per heavy atom. The van der Waals surface area contributed by atoms with E-state index in [0.717, 1.165) is 36.4 Å². The summed E-state index contributed by atoms with van der Waals surface area (Å²) in [7, 11) is 3.31. The third kappa shape index (κ3) is 3.44. The van der Waals surface area contributed by atoms with Crippen molar-refractivity contribution >= 4 is 16.8 Å². The first-order valence-electron chi connectivity index (χ1n) is 9.76. The Morgan fingerprint density at radius 1 is 1.11 bits per heavy atom. The van der Waals surface area contributed by atoms with Crippen LogP contribution in [-0.4, -0.2) is 36.1 Å². The van der Waals surface area contributed by atoms with E-state index in [0.29, 0.717) is 13.0 Å². The maximum atomic E-state index is 13.0. The van der Waals surface area contributed by atoms with Crippen molar-refractivity contribution in [3.05, 3.63) is 60.3 Å². The maximum absolute atomic E-state index is 13.0. The third-order valence-electron chi connectivity index (χ3n) is 5.62. The van der Waals surface area contributed by atoms with Gasteiger partial charge >= 0.3 is 0 Å². The Hall–Kier alpha value is -2.95. The largest absolute Gasteiger partial charge is 0.497 e. The molecule has 0 saturated carbocycles. The van der Waals surface area contributed by atoms with Gasteiger partial charge in [-0.2, -0.15) is 0 Å². The predicted molar refractivity (Wildman–Crippen MR) is 110 cm³/mol. The first kappa shape index (κ1) is 18.4. The summed E-state index contributed by atoms with van der Waals surface area (Å²) in [6.45, 7) is 1.49. The van der Waals surface area contributed by atoms with Gasteiger partial charge in [0.05, 0.1) is 20.3 Å². The van der Waals surface area contributed by atoms with E-state index < -0.39 is 0 Å². The number of nitrogens with zero attached hydrogens (tertiary/aromatic N) is 2. The lowest BCUT2D eigenvalue weighted by atomic mass is 10.0. The Labute approximate surface area is 165 Å². The minimum absolute atomic E-state index is 0.0646. The van der Waals surface area contributed by atoms with Crippen LogP contribution < -0.4 is 9.47 Å². The van der Waals surface area contributed by atoms with Crippen molar-refractivity contribution in [1.82, 2.24) is 9.47 Å². The molecule has 1 aliphatic heterocycles. The van der Waals surface area contributed by atoms with Crippen LogP contribution in [0.5, 0.6) is 11.5 Å². The number of rotatable bonds is 6. The number of fused-ring (bicyclic) bond motifs is 1. The summed E-state index contributed by atoms with van der Waals surface area (Å²) >= 11 is 0. The van der Waals surface area contributed by atoms with E-state index >= 15 is 0 Å². The molecule has 1 saturated heterocycles. The van der Waals surface area contributed by atoms with Gasteiger partial charge in [0.2, 0.25) is 5.91 Å². The molecule has 1 aliphatic rings. The van der Waals surface area contributed by atoms with Gasteiger partial charge in [0.15, 0.2) is 0 Å². The second-order valence-electron chi connectivity index (χ2n) is 7.17. The molecule has 4 rings (SSSR count). The number of carbonyl (C=O) groups is 1. The van der Waals surface area contributed by atoms with Gasteiger partial charge in [0, 0.05) is 42.9 Å². The zero-order valence-corrected chi connectivity index (χ0v) is 16.4. The number of likely N-dealkylation sites (tertiary alicyclic amines) is 1. The quantitative estimate of drug-likeness (QED) is 0.638. The summed E-state index contributed by atoms with van der Waals surface area (Å²) in [5.74, 6) is 1.73. The molecule has 5 nitrogen and oxygen atoms in total. The van der Waals surface area contributed by atoms with Crippen LogP contribution in [0.2, 0.25) is 0 Å². The second-order valence-corrected chi connectivity index (χ2v) is 7.17. The fourth-order valence-corrected chi connectivity index (χ4v) is 4.18. The topological polar surface area (TPSA) is 43.7 Å². The smallest absolute Gasteiger partial charge is 0.224 e. The van der Waals surface area contributed by atoms with Crippen molar-refractivity contribution in [2.75, 3.05) is 20.8 Å². The van der Waals surface area contributed by atoms with E-state index in [2.05, 4.69) is 29.0 Å². The lowest BCUT2D eigenvalue weighted by molar-refractivity contribution is -0.132. The standard InChI is InChI=1S/C23H26N2O3/c1-27-18-9-10-19(22(16-18)28-2)21-8-5-13-25(21)23(26)12-15-24-14-11-17-6-3-4-7-20(17)24/h3-4,6-7,9-11,14,16,21H,5,8,12-13,15H2,1-2H3/t21-/m1/s1. The molecule has 28 heavy (non-hydrogen) atoms. The molecule has 1 atom stereocenters. The van der Waals surface area contributed by atoms with E-state index in [9.17, 15) is 4.79 Å². The molecule has 1 fully saturated rings. The van der Waals surface area contributed by atoms with Gasteiger partial charge < -0.3 is 18.9 Å². The number of methoxy groups -OCH3 is 2. The number of para-hydroxylation sites is 1. The molecule has 0 unspecified atom stereocenters. The van der Waals surface area contributed by atoms with Crippen molar-refractivity contribution in [3.8, 4) is 11.5 Å². The number of aromatic nitrogens is 1. The molecular formula is C23H26N2O3. The van der Waals surface area contributed by atoms with Crippen molar-refractivity contribution in [1.29, 1.82) is 0 Å². The van der Waals surface area contributed by atoms with Gasteiger partial charge in [-0.15, -0.1) is 0 Å². The number of carbonyl (C=O) groups excluding carboxylic acids is 1. The minimum atomic E-state index is 0.0646. The molecule has 0 spiro atoms. The van der Waals surface area contributed by atoms with Crippen LogP contribution in [0.15, 0.2) is 54.7 Å². The van der Waals surface area contributed by atoms with Crippen molar-refractivity contribution < 1.29 is 14.3 Å². The number of benzene rings is 2. The van der Waals surface area contributed by atoms with Crippen LogP contribution in [0.1, 0.15) is 30.9 Å². The molecule has 2 heterocycles. The number of hydrogen-bond acceptors (Lipinski definition) is 3. The molecular weight excluding hydrogens is 352 g/mol. The average Bonchev–Trinajstić information content (AvgIpc) is 3.38. The fraction of sp³-hybridized carbons (Fsp3) is 0.348. The van der Waals surface area contributed by atoms with E-state index in [4.69, 9.17) is 9.47 Å². The molecule has 3 aromatic rings. The summed E-state index contributed by atoms with van der Waals surface area (Å²) in [5.41, 5.74) is 2.23. The van der Waals surface area contributed by atoms with Crippen LogP contribution in [0, 0.1) is 0 Å². The number of aryl methyl sites for hydroxylation is 1. The Bertz CT molecular complexity index is 979. The molecule has 2 aromatic carbocycles. The molecule has 0 N–H and O–H groups in total. The summed E-state index contributed by atoms with van der Waals surface area (Å²) in [5, 5.41) is 1.21. The Balaban J connectivity index is 1.49. The first-order chi connectivity index (χ1) is 13.7. The Kier molecular flexibility index (Phi) is 5.24. The SMILES string of the molecule is COc1ccc([C@H]2CCCN2C(=O)CCn2ccc3ccccc32)c(OC)c1. The molecule has 0 radical (unpaired) electrons. The average molecular weight is 378 g/mol. The maximum Gasteiger partial charge on any atom is 0.224 e. The lowest BCUT2D eigenvalue weighted by Crippen LogP contribution is -2.31. The summed E-state index contributed by atoms with van der Waals surface area (Å²) < 4.78 is 13.0. The van der Waals surface area contributed by atoms with Gasteiger partial charge in [0.1, 0.15) is 11.5 Å². The zero-order chi connectivity index (χ0) is 19.5. The van der Waals surface area contributed by atoms with Crippen molar-refractivity contribution in [2.45, 2.75) is 31.8 Å². The van der Waals surface area contributed by atoms with Crippen LogP contribution in [-0.2, 0) is 11.3 Å². The lowest BCUT2D eigenvalue weighted by Gasteiger charge is -2.27. The predicted octanol–water partition coefficient (Wildman–Crippen LogP) is 4.41. The van der Waals surface area contributed by atoms with Gasteiger partial charge in [0.25, 0.3) is 0 Å². The van der Waals surface area contributed by atoms with Gasteiger partial charge in [-0.25, -0.2) is 0 Å². The van der Waals surface area contributed by atoms with Gasteiger partial charge in [-0.1, -0.05) is 18.2 Å². The van der Waals surface area contributed by atoms with E-state index in [1.807, 2.05) is 35.2 Å². The third-order valence-corrected chi connectivity index (χ3v) is 5.62. The number of hydrogen-bond donors (Lipinski definition) is 0. The van der Waals surface area contributed by atoms with Crippen LogP contribution >= 0.6 is 0 Å². The van der Waals surface area contributed by atoms with E-state index in [1.54, 1.807) is 14.2 Å². The second kappa shape index (κ2) is 7.97. The van der Waals surface area contributed by atoms with E-state index in [1.165, 1.54) is 10.9 Å². The first-order valence-corrected chi connectivity index (χ1v) is 9.76. The highest BCUT2D eigenvalue weighted by Crippen LogP contribution is 2.39. The van der Waals surface area contributed by atoms with Gasteiger partial charge in [-0.05, 0) is 42.5 Å². The Morgan fingerprint density at radius 3 is 2.79 bits per heavy atom. The van der Waals surface area contributed by atoms with Crippen LogP contribution in [0.4, 0.5) is 0 Å². The zero-order valence-electron chi connectivity index (χ0n) is 16.4. The van der Waals surface area contributed by atoms with Crippen molar-refractivity contribution in [3.63, 3.8) is 0 Å². The highest BCUT2D eigenvalue weighted by atomic mass is 16.5. The normalized spacial score (nSPS) is 16.5. The van der Waals surface area contributed by atoms with E-state index in [-0.39, 0.29) is 11.9 Å². The summed E-state index contributed by atoms with van der Waals surface area (Å²) in [6, 6.07) is 16.3. The molecule has 0 bridgehead atoms. The minimum Gasteiger partial charge on any atom is -0.497 e. The fourth-order valence-electron chi connectivity index (χ4n) is 4.18. The molecule has 146 valence electrons. The van der Waals surface area contributed by atoms with Gasteiger partial charge in [-0.3, -0.25) is 4.79 Å². The number of amides is 1. The summed E-state index contributed by atoms with van der Waals surface area (Å²) in [4.78, 5) is 15.0. The molecule has 1 amide bonds. The number of ether oxygens (including phenoxy) is 2.